The molecule has 0 atom stereocenters. The first kappa shape index (κ1) is 12.9. The number of nitrogens with two attached hydrogens (primary N) is 1. The van der Waals surface area contributed by atoms with Crippen molar-refractivity contribution < 1.29 is 0 Å². The van der Waals surface area contributed by atoms with Crippen molar-refractivity contribution in [2.24, 2.45) is 0 Å². The minimum absolute atomic E-state index is 0.744. The highest BCUT2D eigenvalue weighted by molar-refractivity contribution is 7.16. The van der Waals surface area contributed by atoms with E-state index in [0.717, 1.165) is 34.6 Å². The summed E-state index contributed by atoms with van der Waals surface area (Å²) in [6.07, 6.45) is 0.987. The van der Waals surface area contributed by atoms with Crippen LogP contribution >= 0.6 is 11.3 Å². The highest BCUT2D eigenvalue weighted by Crippen LogP contribution is 2.29. The van der Waals surface area contributed by atoms with Crippen LogP contribution in [0.25, 0.3) is 10.2 Å². The molecule has 1 heterocycles. The maximum absolute atomic E-state index is 6.15. The summed E-state index contributed by atoms with van der Waals surface area (Å²) in [4.78, 5) is 4.31. The summed E-state index contributed by atoms with van der Waals surface area (Å²) in [6.45, 7) is 3.01. The molecule has 0 aliphatic heterocycles. The average molecular weight is 283 g/mol. The van der Waals surface area contributed by atoms with Crippen LogP contribution < -0.4 is 11.1 Å². The molecule has 0 aliphatic rings. The predicted octanol–water partition coefficient (Wildman–Crippen LogP) is 3.84. The summed E-state index contributed by atoms with van der Waals surface area (Å²) >= 11 is 1.61. The number of rotatable bonds is 4. The molecule has 102 valence electrons. The van der Waals surface area contributed by atoms with E-state index < -0.39 is 0 Å². The molecule has 0 bridgehead atoms. The van der Waals surface area contributed by atoms with Crippen molar-refractivity contribution in [3.8, 4) is 0 Å². The topological polar surface area (TPSA) is 50.9 Å². The molecule has 0 fully saturated rings. The number of aryl methyl sites for hydroxylation is 1. The van der Waals surface area contributed by atoms with Crippen LogP contribution in [0, 0.1) is 6.92 Å². The van der Waals surface area contributed by atoms with Crippen molar-refractivity contribution in [1.82, 2.24) is 4.98 Å². The smallest absolute Gasteiger partial charge is 0.106 e. The highest BCUT2D eigenvalue weighted by atomic mass is 32.1. The Morgan fingerprint density at radius 1 is 1.20 bits per heavy atom. The first-order valence-corrected chi connectivity index (χ1v) is 7.54. The van der Waals surface area contributed by atoms with Gasteiger partial charge in [0.25, 0.3) is 0 Å². The molecule has 1 aromatic heterocycles. The fourth-order valence-corrected chi connectivity index (χ4v) is 3.02. The second-order valence-corrected chi connectivity index (χ2v) is 5.72. The van der Waals surface area contributed by atoms with E-state index in [1.807, 2.05) is 11.6 Å². The molecule has 0 saturated carbocycles. The summed E-state index contributed by atoms with van der Waals surface area (Å²) < 4.78 is 1.13. The highest BCUT2D eigenvalue weighted by Gasteiger charge is 2.06. The van der Waals surface area contributed by atoms with Gasteiger partial charge < -0.3 is 11.1 Å². The summed E-state index contributed by atoms with van der Waals surface area (Å²) in [5.74, 6) is 0. The van der Waals surface area contributed by atoms with Crippen LogP contribution in [-0.4, -0.2) is 11.5 Å². The van der Waals surface area contributed by atoms with Crippen LogP contribution in [0.2, 0.25) is 0 Å². The SMILES string of the molecule is Cc1ccccc1CCNc1ccc2scnc2c1N. The van der Waals surface area contributed by atoms with Gasteiger partial charge >= 0.3 is 0 Å². The second-order valence-electron chi connectivity index (χ2n) is 4.83. The second kappa shape index (κ2) is 5.51. The Morgan fingerprint density at radius 2 is 2.05 bits per heavy atom. The van der Waals surface area contributed by atoms with Gasteiger partial charge in [-0.3, -0.25) is 0 Å². The largest absolute Gasteiger partial charge is 0.395 e. The lowest BCUT2D eigenvalue weighted by Gasteiger charge is -2.10. The number of hydrogen-bond acceptors (Lipinski definition) is 4. The maximum atomic E-state index is 6.15. The first-order valence-electron chi connectivity index (χ1n) is 6.66. The van der Waals surface area contributed by atoms with Gasteiger partial charge in [-0.05, 0) is 36.6 Å². The third kappa shape index (κ3) is 2.47. The number of benzene rings is 2. The van der Waals surface area contributed by atoms with Crippen molar-refractivity contribution in [3.05, 3.63) is 53.0 Å². The van der Waals surface area contributed by atoms with E-state index in [2.05, 4.69) is 47.6 Å². The molecule has 3 rings (SSSR count). The zero-order valence-corrected chi connectivity index (χ0v) is 12.2. The fraction of sp³-hybridized carbons (Fsp3) is 0.188. The van der Waals surface area contributed by atoms with E-state index in [9.17, 15) is 0 Å². The van der Waals surface area contributed by atoms with Crippen LogP contribution in [0.3, 0.4) is 0 Å². The van der Waals surface area contributed by atoms with Gasteiger partial charge in [-0.2, -0.15) is 0 Å². The number of fused-ring (bicyclic) bond motifs is 1. The summed E-state index contributed by atoms with van der Waals surface area (Å²) in [7, 11) is 0. The van der Waals surface area contributed by atoms with E-state index in [-0.39, 0.29) is 0 Å². The van der Waals surface area contributed by atoms with Crippen molar-refractivity contribution in [1.29, 1.82) is 0 Å². The van der Waals surface area contributed by atoms with E-state index in [0.29, 0.717) is 0 Å². The van der Waals surface area contributed by atoms with E-state index >= 15 is 0 Å². The molecular weight excluding hydrogens is 266 g/mol. The minimum atomic E-state index is 0.744. The van der Waals surface area contributed by atoms with Crippen molar-refractivity contribution >= 4 is 32.9 Å². The van der Waals surface area contributed by atoms with Gasteiger partial charge in [-0.25, -0.2) is 4.98 Å². The van der Waals surface area contributed by atoms with Crippen LogP contribution in [0.4, 0.5) is 11.4 Å². The number of nitrogen functional groups attached to an aromatic ring is 1. The van der Waals surface area contributed by atoms with Gasteiger partial charge in [0.1, 0.15) is 5.52 Å². The third-order valence-electron chi connectivity index (χ3n) is 3.51. The number of hydrogen-bond donors (Lipinski definition) is 2. The monoisotopic (exact) mass is 283 g/mol. The normalized spacial score (nSPS) is 10.8. The molecule has 4 heteroatoms. The number of anilines is 2. The zero-order chi connectivity index (χ0) is 13.9. The minimum Gasteiger partial charge on any atom is -0.395 e. The van der Waals surface area contributed by atoms with Gasteiger partial charge in [0, 0.05) is 6.54 Å². The quantitative estimate of drug-likeness (QED) is 0.715. The molecule has 0 radical (unpaired) electrons. The number of nitrogens with one attached hydrogen (secondary N) is 1. The Morgan fingerprint density at radius 3 is 2.90 bits per heavy atom. The number of aromatic nitrogens is 1. The van der Waals surface area contributed by atoms with Crippen molar-refractivity contribution in [2.45, 2.75) is 13.3 Å². The van der Waals surface area contributed by atoms with E-state index in [1.165, 1.54) is 11.1 Å². The molecule has 20 heavy (non-hydrogen) atoms. The lowest BCUT2D eigenvalue weighted by molar-refractivity contribution is 1.01. The Labute approximate surface area is 122 Å². The molecule has 3 aromatic rings. The zero-order valence-electron chi connectivity index (χ0n) is 11.4. The van der Waals surface area contributed by atoms with Crippen LogP contribution in [0.15, 0.2) is 41.9 Å². The molecule has 0 aliphatic carbocycles. The molecule has 0 saturated heterocycles. The molecule has 3 nitrogen and oxygen atoms in total. The van der Waals surface area contributed by atoms with Crippen LogP contribution in [-0.2, 0) is 6.42 Å². The van der Waals surface area contributed by atoms with Gasteiger partial charge in [0.15, 0.2) is 0 Å². The van der Waals surface area contributed by atoms with Gasteiger partial charge in [0.2, 0.25) is 0 Å². The Balaban J connectivity index is 1.71. The van der Waals surface area contributed by atoms with E-state index in [1.54, 1.807) is 11.3 Å². The average Bonchev–Trinajstić information content (AvgIpc) is 2.93. The molecular formula is C16H17N3S. The lowest BCUT2D eigenvalue weighted by atomic mass is 10.1. The van der Waals surface area contributed by atoms with Gasteiger partial charge in [-0.1, -0.05) is 24.3 Å². The number of nitrogens with zero attached hydrogens (tertiary/aromatic N) is 1. The van der Waals surface area contributed by atoms with Crippen LogP contribution in [0.5, 0.6) is 0 Å². The standard InChI is InChI=1S/C16H17N3S/c1-11-4-2-3-5-12(11)8-9-18-13-6-7-14-16(15(13)17)19-10-20-14/h2-7,10,18H,8-9,17H2,1H3. The third-order valence-corrected chi connectivity index (χ3v) is 4.31. The Hall–Kier alpha value is -2.07. The van der Waals surface area contributed by atoms with Crippen molar-refractivity contribution in [3.63, 3.8) is 0 Å². The summed E-state index contributed by atoms with van der Waals surface area (Å²) in [6, 6.07) is 12.6. The van der Waals surface area contributed by atoms with E-state index in [4.69, 9.17) is 5.73 Å². The Kier molecular flexibility index (Phi) is 3.56. The summed E-state index contributed by atoms with van der Waals surface area (Å²) in [5.41, 5.74) is 13.3. The summed E-state index contributed by atoms with van der Waals surface area (Å²) in [5, 5.41) is 3.41. The maximum Gasteiger partial charge on any atom is 0.106 e. The molecule has 2 aromatic carbocycles. The molecule has 3 N–H and O–H groups in total. The molecule has 0 amide bonds. The van der Waals surface area contributed by atoms with Gasteiger partial charge in [0.05, 0.1) is 21.6 Å². The molecule has 0 spiro atoms. The van der Waals surface area contributed by atoms with Gasteiger partial charge in [-0.15, -0.1) is 11.3 Å². The fourth-order valence-electron chi connectivity index (χ4n) is 2.33. The first-order chi connectivity index (χ1) is 9.75. The van der Waals surface area contributed by atoms with Crippen molar-refractivity contribution in [2.75, 3.05) is 17.6 Å². The number of thiazole rings is 1. The lowest BCUT2D eigenvalue weighted by Crippen LogP contribution is -2.07. The molecule has 0 unspecified atom stereocenters. The predicted molar refractivity (Wildman–Crippen MR) is 87.4 cm³/mol. The Bertz CT molecular complexity index is 733. The van der Waals surface area contributed by atoms with Crippen LogP contribution in [0.1, 0.15) is 11.1 Å².